The SMILES string of the molecule is CC(C)(C)OC(=O)N1C[C@@H](CNCc2ccccc2)C[C@@H]1Cc1c[nH]c2ccc(-n3cnnc3)cc12. The highest BCUT2D eigenvalue weighted by Crippen LogP contribution is 2.31. The lowest BCUT2D eigenvalue weighted by molar-refractivity contribution is 0.0222. The summed E-state index contributed by atoms with van der Waals surface area (Å²) in [6, 6.07) is 16.7. The number of nitrogens with one attached hydrogen (secondary N) is 2. The van der Waals surface area contributed by atoms with Crippen molar-refractivity contribution in [3.05, 3.63) is 78.5 Å². The molecule has 4 aromatic rings. The number of carbonyl (C=O) groups excluding carboxylic acids is 1. The summed E-state index contributed by atoms with van der Waals surface area (Å²) in [5.74, 6) is 0.365. The first-order chi connectivity index (χ1) is 17.4. The maximum Gasteiger partial charge on any atom is 0.410 e. The fraction of sp³-hybridized carbons (Fsp3) is 0.393. The number of H-pyrrole nitrogens is 1. The lowest BCUT2D eigenvalue weighted by Gasteiger charge is -2.28. The predicted octanol–water partition coefficient (Wildman–Crippen LogP) is 4.71. The van der Waals surface area contributed by atoms with Crippen LogP contribution in [0, 0.1) is 5.92 Å². The lowest BCUT2D eigenvalue weighted by Crippen LogP contribution is -2.41. The van der Waals surface area contributed by atoms with Crippen molar-refractivity contribution < 1.29 is 9.53 Å². The van der Waals surface area contributed by atoms with Crippen molar-refractivity contribution in [2.75, 3.05) is 13.1 Å². The molecule has 0 radical (unpaired) electrons. The summed E-state index contributed by atoms with van der Waals surface area (Å²) in [6.07, 6.45) is 6.92. The zero-order chi connectivity index (χ0) is 25.1. The van der Waals surface area contributed by atoms with Crippen LogP contribution in [0.1, 0.15) is 38.3 Å². The molecule has 3 heterocycles. The van der Waals surface area contributed by atoms with Crippen molar-refractivity contribution in [3.63, 3.8) is 0 Å². The summed E-state index contributed by atoms with van der Waals surface area (Å²) >= 11 is 0. The van der Waals surface area contributed by atoms with Crippen molar-refractivity contribution >= 4 is 17.0 Å². The minimum Gasteiger partial charge on any atom is -0.444 e. The normalized spacial score (nSPS) is 18.1. The van der Waals surface area contributed by atoms with Crippen LogP contribution in [0.15, 0.2) is 67.4 Å². The third-order valence-corrected chi connectivity index (χ3v) is 6.66. The molecule has 1 fully saturated rings. The van der Waals surface area contributed by atoms with Crippen LogP contribution >= 0.6 is 0 Å². The van der Waals surface area contributed by atoms with Crippen LogP contribution in [0.3, 0.4) is 0 Å². The minimum atomic E-state index is -0.528. The molecule has 188 valence electrons. The maximum atomic E-state index is 13.2. The molecule has 0 unspecified atom stereocenters. The Hall–Kier alpha value is -3.65. The lowest BCUT2D eigenvalue weighted by atomic mass is 9.99. The first-order valence-electron chi connectivity index (χ1n) is 12.5. The average molecular weight is 487 g/mol. The number of aromatic amines is 1. The van der Waals surface area contributed by atoms with Gasteiger partial charge in [0.2, 0.25) is 0 Å². The first-order valence-corrected chi connectivity index (χ1v) is 12.5. The fourth-order valence-electron chi connectivity index (χ4n) is 5.00. The van der Waals surface area contributed by atoms with Gasteiger partial charge in [0.15, 0.2) is 0 Å². The second-order valence-electron chi connectivity index (χ2n) is 10.6. The summed E-state index contributed by atoms with van der Waals surface area (Å²) in [4.78, 5) is 18.5. The molecule has 1 aliphatic rings. The van der Waals surface area contributed by atoms with E-state index >= 15 is 0 Å². The molecule has 2 aromatic carbocycles. The van der Waals surface area contributed by atoms with Crippen LogP contribution in [0.5, 0.6) is 0 Å². The number of hydrogen-bond donors (Lipinski definition) is 2. The summed E-state index contributed by atoms with van der Waals surface area (Å²) in [5.41, 5.74) is 4.01. The molecule has 36 heavy (non-hydrogen) atoms. The van der Waals surface area contributed by atoms with Crippen molar-refractivity contribution in [2.24, 2.45) is 5.92 Å². The second kappa shape index (κ2) is 10.1. The third kappa shape index (κ3) is 5.60. The zero-order valence-corrected chi connectivity index (χ0v) is 21.1. The van der Waals surface area contributed by atoms with E-state index in [0.29, 0.717) is 12.5 Å². The highest BCUT2D eigenvalue weighted by Gasteiger charge is 2.37. The number of rotatable bonds is 7. The number of fused-ring (bicyclic) bond motifs is 1. The fourth-order valence-corrected chi connectivity index (χ4v) is 5.00. The Morgan fingerprint density at radius 3 is 2.67 bits per heavy atom. The third-order valence-electron chi connectivity index (χ3n) is 6.66. The highest BCUT2D eigenvalue weighted by atomic mass is 16.6. The molecular formula is C28H34N6O2. The van der Waals surface area contributed by atoms with E-state index in [1.54, 1.807) is 12.7 Å². The van der Waals surface area contributed by atoms with Gasteiger partial charge in [-0.15, -0.1) is 10.2 Å². The Bertz CT molecular complexity index is 1290. The monoisotopic (exact) mass is 486 g/mol. The molecule has 5 rings (SSSR count). The molecule has 0 spiro atoms. The Balaban J connectivity index is 1.32. The molecular weight excluding hydrogens is 452 g/mol. The number of nitrogens with zero attached hydrogens (tertiary/aromatic N) is 4. The first kappa shape index (κ1) is 24.1. The van der Waals surface area contributed by atoms with Gasteiger partial charge in [-0.1, -0.05) is 30.3 Å². The van der Waals surface area contributed by atoms with Crippen LogP contribution in [0.25, 0.3) is 16.6 Å². The van der Waals surface area contributed by atoms with Crippen LogP contribution in [-0.2, 0) is 17.7 Å². The summed E-state index contributed by atoms with van der Waals surface area (Å²) in [7, 11) is 0. The van der Waals surface area contributed by atoms with Gasteiger partial charge in [0, 0.05) is 48.5 Å². The van der Waals surface area contributed by atoms with E-state index in [0.717, 1.165) is 42.5 Å². The Morgan fingerprint density at radius 2 is 1.92 bits per heavy atom. The molecule has 1 aliphatic heterocycles. The minimum absolute atomic E-state index is 0.0703. The number of likely N-dealkylation sites (tertiary alicyclic amines) is 1. The van der Waals surface area contributed by atoms with E-state index in [-0.39, 0.29) is 12.1 Å². The second-order valence-corrected chi connectivity index (χ2v) is 10.6. The largest absolute Gasteiger partial charge is 0.444 e. The van der Waals surface area contributed by atoms with Gasteiger partial charge >= 0.3 is 6.09 Å². The van der Waals surface area contributed by atoms with Crippen molar-refractivity contribution in [2.45, 2.75) is 51.8 Å². The summed E-state index contributed by atoms with van der Waals surface area (Å²) in [6.45, 7) is 8.12. The number of hydrogen-bond acceptors (Lipinski definition) is 5. The standard InChI is InChI=1S/C28H34N6O2/c1-28(2,3)36-27(35)34-17-21(15-29-14-20-7-5-4-6-8-20)11-24(34)12-22-16-30-26-10-9-23(13-25(22)26)33-18-31-32-19-33/h4-10,13,16,18-19,21,24,29-30H,11-12,14-15,17H2,1-3H3/t21-,24-/m1/s1. The Kier molecular flexibility index (Phi) is 6.78. The van der Waals surface area contributed by atoms with Gasteiger partial charge in [-0.05, 0) is 68.9 Å². The Labute approximate surface area is 211 Å². The van der Waals surface area contributed by atoms with Crippen LogP contribution in [0.4, 0.5) is 4.79 Å². The van der Waals surface area contributed by atoms with Crippen molar-refractivity contribution in [3.8, 4) is 5.69 Å². The van der Waals surface area contributed by atoms with Crippen LogP contribution in [-0.4, -0.2) is 55.5 Å². The van der Waals surface area contributed by atoms with Gasteiger partial charge in [0.1, 0.15) is 18.3 Å². The Morgan fingerprint density at radius 1 is 1.14 bits per heavy atom. The van der Waals surface area contributed by atoms with Gasteiger partial charge in [-0.25, -0.2) is 4.79 Å². The molecule has 2 atom stereocenters. The average Bonchev–Trinajstić information content (AvgIpc) is 3.59. The number of amides is 1. The number of benzene rings is 2. The van der Waals surface area contributed by atoms with Crippen molar-refractivity contribution in [1.29, 1.82) is 0 Å². The van der Waals surface area contributed by atoms with Crippen molar-refractivity contribution in [1.82, 2.24) is 30.0 Å². The van der Waals surface area contributed by atoms with E-state index < -0.39 is 5.60 Å². The van der Waals surface area contributed by atoms with Crippen LogP contribution in [0.2, 0.25) is 0 Å². The molecule has 2 aromatic heterocycles. The maximum absolute atomic E-state index is 13.2. The van der Waals surface area contributed by atoms with Gasteiger partial charge in [0.05, 0.1) is 0 Å². The van der Waals surface area contributed by atoms with Crippen LogP contribution < -0.4 is 5.32 Å². The van der Waals surface area contributed by atoms with E-state index in [1.165, 1.54) is 11.1 Å². The summed E-state index contributed by atoms with van der Waals surface area (Å²) in [5, 5.41) is 12.6. The molecule has 2 N–H and O–H groups in total. The summed E-state index contributed by atoms with van der Waals surface area (Å²) < 4.78 is 7.69. The number of aromatic nitrogens is 4. The van der Waals surface area contributed by atoms with Gasteiger partial charge in [-0.2, -0.15) is 0 Å². The zero-order valence-electron chi connectivity index (χ0n) is 21.1. The quantitative estimate of drug-likeness (QED) is 0.395. The van der Waals surface area contributed by atoms with E-state index in [9.17, 15) is 4.79 Å². The smallest absolute Gasteiger partial charge is 0.410 e. The molecule has 0 saturated carbocycles. The van der Waals surface area contributed by atoms with Gasteiger partial charge in [0.25, 0.3) is 0 Å². The molecule has 8 heteroatoms. The number of carbonyl (C=O) groups is 1. The molecule has 0 bridgehead atoms. The highest BCUT2D eigenvalue weighted by molar-refractivity contribution is 5.85. The van der Waals surface area contributed by atoms with E-state index in [1.807, 2.05) is 42.4 Å². The van der Waals surface area contributed by atoms with Gasteiger partial charge < -0.3 is 19.9 Å². The number of ether oxygens (including phenoxy) is 1. The molecule has 8 nitrogen and oxygen atoms in total. The topological polar surface area (TPSA) is 88.1 Å². The molecule has 0 aliphatic carbocycles. The molecule has 1 amide bonds. The molecule has 1 saturated heterocycles. The van der Waals surface area contributed by atoms with E-state index in [4.69, 9.17) is 4.74 Å². The predicted molar refractivity (Wildman–Crippen MR) is 140 cm³/mol. The van der Waals surface area contributed by atoms with E-state index in [2.05, 4.69) is 63.1 Å². The van der Waals surface area contributed by atoms with Gasteiger partial charge in [-0.3, -0.25) is 4.57 Å².